The number of amides is 1. The fourth-order valence-corrected chi connectivity index (χ4v) is 5.73. The van der Waals surface area contributed by atoms with Gasteiger partial charge in [-0.1, -0.05) is 44.9 Å². The number of nitrogens with zero attached hydrogens (tertiary/aromatic N) is 2. The van der Waals surface area contributed by atoms with Crippen LogP contribution in [0.4, 0.5) is 0 Å². The molecule has 2 aromatic carbocycles. The molecule has 0 aromatic heterocycles. The van der Waals surface area contributed by atoms with E-state index >= 15 is 0 Å². The summed E-state index contributed by atoms with van der Waals surface area (Å²) in [6.07, 6.45) is 5.71. The zero-order valence-corrected chi connectivity index (χ0v) is 22.2. The van der Waals surface area contributed by atoms with Gasteiger partial charge in [0.15, 0.2) is 16.7 Å². The lowest BCUT2D eigenvalue weighted by Crippen LogP contribution is -2.29. The summed E-state index contributed by atoms with van der Waals surface area (Å²) in [5.41, 5.74) is 1.78. The Kier molecular flexibility index (Phi) is 9.40. The average Bonchev–Trinajstić information content (AvgIpc) is 3.15. The molecule has 1 heterocycles. The summed E-state index contributed by atoms with van der Waals surface area (Å²) in [5.74, 6) is 0.936. The van der Waals surface area contributed by atoms with Crippen LogP contribution in [0.5, 0.6) is 11.5 Å². The van der Waals surface area contributed by atoms with Crippen molar-refractivity contribution >= 4 is 38.9 Å². The second-order valence-electron chi connectivity index (χ2n) is 7.97. The summed E-state index contributed by atoms with van der Waals surface area (Å²) in [7, 11) is -2.38. The lowest BCUT2D eigenvalue weighted by Gasteiger charge is -2.12. The molecule has 0 N–H and O–H groups in total. The lowest BCUT2D eigenvalue weighted by atomic mass is 10.2. The topological polar surface area (TPSA) is 85.3 Å². The number of thioether (sulfide) groups is 1. The van der Waals surface area contributed by atoms with Gasteiger partial charge in [0.25, 0.3) is 15.9 Å². The van der Waals surface area contributed by atoms with Gasteiger partial charge in [0.1, 0.15) is 0 Å². The predicted molar refractivity (Wildman–Crippen MR) is 141 cm³/mol. The minimum absolute atomic E-state index is 0.1000. The predicted octanol–water partition coefficient (Wildman–Crippen LogP) is 5.51. The molecule has 0 bridgehead atoms. The van der Waals surface area contributed by atoms with Crippen LogP contribution in [0, 0.1) is 0 Å². The van der Waals surface area contributed by atoms with Gasteiger partial charge in [0, 0.05) is 6.54 Å². The average molecular weight is 517 g/mol. The second kappa shape index (κ2) is 12.3. The monoisotopic (exact) mass is 516 g/mol. The van der Waals surface area contributed by atoms with Crippen molar-refractivity contribution in [3.63, 3.8) is 0 Å². The summed E-state index contributed by atoms with van der Waals surface area (Å²) in [5, 5.41) is 0.145. The Morgan fingerprint density at radius 3 is 2.40 bits per heavy atom. The Morgan fingerprint density at radius 2 is 1.77 bits per heavy atom. The smallest absolute Gasteiger partial charge is 0.284 e. The van der Waals surface area contributed by atoms with Crippen molar-refractivity contribution in [2.75, 3.05) is 20.3 Å². The van der Waals surface area contributed by atoms with Gasteiger partial charge in [-0.2, -0.15) is 8.42 Å². The Hall–Kier alpha value is -2.78. The van der Waals surface area contributed by atoms with Gasteiger partial charge in [0.05, 0.1) is 23.5 Å². The highest BCUT2D eigenvalue weighted by Crippen LogP contribution is 2.35. The van der Waals surface area contributed by atoms with E-state index < -0.39 is 10.0 Å². The fraction of sp³-hybridized carbons (Fsp3) is 0.385. The quantitative estimate of drug-likeness (QED) is 0.289. The Balaban J connectivity index is 1.84. The third kappa shape index (κ3) is 6.67. The van der Waals surface area contributed by atoms with Crippen LogP contribution in [0.1, 0.15) is 51.2 Å². The van der Waals surface area contributed by atoms with Gasteiger partial charge in [0.2, 0.25) is 0 Å². The van der Waals surface area contributed by atoms with E-state index in [2.05, 4.69) is 11.3 Å². The van der Waals surface area contributed by atoms with Crippen molar-refractivity contribution in [1.82, 2.24) is 4.90 Å². The zero-order valence-electron chi connectivity index (χ0n) is 20.6. The molecule has 2 aromatic rings. The number of ether oxygens (including phenoxy) is 2. The number of aryl methyl sites for hydroxylation is 1. The van der Waals surface area contributed by atoms with Gasteiger partial charge in [-0.3, -0.25) is 9.69 Å². The standard InChI is InChI=1S/C26H32N2O5S2/c1-5-8-9-16-33-22-15-12-20(17-23(22)32-4)18-24-25(29)28(7-3)26(34-24)27-35(30,31)21-13-10-19(6-2)11-14-21/h10-15,17-18H,5-9,16H2,1-4H3. The van der Waals surface area contributed by atoms with Crippen molar-refractivity contribution in [3.8, 4) is 11.5 Å². The summed E-state index contributed by atoms with van der Waals surface area (Å²) < 4.78 is 41.1. The number of likely N-dealkylation sites (N-methyl/N-ethyl adjacent to an activating group) is 1. The Bertz CT molecular complexity index is 1200. The third-order valence-corrected chi connectivity index (χ3v) is 7.93. The van der Waals surface area contributed by atoms with E-state index in [-0.39, 0.29) is 16.0 Å². The number of hydrogen-bond donors (Lipinski definition) is 0. The fourth-order valence-electron chi connectivity index (χ4n) is 3.49. The van der Waals surface area contributed by atoms with Crippen LogP contribution >= 0.6 is 11.8 Å². The van der Waals surface area contributed by atoms with E-state index in [0.717, 1.165) is 48.6 Å². The largest absolute Gasteiger partial charge is 0.493 e. The maximum absolute atomic E-state index is 13.0. The van der Waals surface area contributed by atoms with Gasteiger partial charge < -0.3 is 9.47 Å². The highest BCUT2D eigenvalue weighted by atomic mass is 32.2. The summed E-state index contributed by atoms with van der Waals surface area (Å²) in [4.78, 5) is 14.8. The molecule has 188 valence electrons. The first-order chi connectivity index (χ1) is 16.8. The summed E-state index contributed by atoms with van der Waals surface area (Å²) in [6.45, 7) is 6.84. The minimum Gasteiger partial charge on any atom is -0.493 e. The maximum Gasteiger partial charge on any atom is 0.284 e. The van der Waals surface area contributed by atoms with Crippen LogP contribution in [-0.4, -0.2) is 44.7 Å². The van der Waals surface area contributed by atoms with Crippen molar-refractivity contribution in [2.45, 2.75) is 51.3 Å². The number of methoxy groups -OCH3 is 1. The summed E-state index contributed by atoms with van der Waals surface area (Å²) >= 11 is 1.05. The molecule has 35 heavy (non-hydrogen) atoms. The maximum atomic E-state index is 13.0. The molecule has 0 unspecified atom stereocenters. The van der Waals surface area contributed by atoms with Crippen molar-refractivity contribution < 1.29 is 22.7 Å². The molecule has 0 atom stereocenters. The number of carbonyl (C=O) groups excluding carboxylic acids is 1. The van der Waals surface area contributed by atoms with E-state index in [4.69, 9.17) is 9.47 Å². The number of rotatable bonds is 11. The first-order valence-electron chi connectivity index (χ1n) is 11.8. The molecule has 9 heteroatoms. The van der Waals surface area contributed by atoms with Crippen molar-refractivity contribution in [2.24, 2.45) is 4.40 Å². The first kappa shape index (κ1) is 26.8. The Morgan fingerprint density at radius 1 is 1.03 bits per heavy atom. The third-order valence-electron chi connectivity index (χ3n) is 5.52. The van der Waals surface area contributed by atoms with Crippen molar-refractivity contribution in [3.05, 3.63) is 58.5 Å². The molecule has 0 spiro atoms. The van der Waals surface area contributed by atoms with E-state index in [0.29, 0.717) is 29.6 Å². The van der Waals surface area contributed by atoms with Crippen LogP contribution in [0.3, 0.4) is 0 Å². The summed E-state index contributed by atoms with van der Waals surface area (Å²) in [6, 6.07) is 12.1. The lowest BCUT2D eigenvalue weighted by molar-refractivity contribution is -0.122. The molecular formula is C26H32N2O5S2. The van der Waals surface area contributed by atoms with Crippen molar-refractivity contribution in [1.29, 1.82) is 0 Å². The number of carbonyl (C=O) groups is 1. The molecular weight excluding hydrogens is 484 g/mol. The molecule has 0 saturated carbocycles. The van der Waals surface area contributed by atoms with Crippen LogP contribution in [0.15, 0.2) is 56.7 Å². The number of amidine groups is 1. The molecule has 0 aliphatic carbocycles. The Labute approximate surface area is 212 Å². The van der Waals surface area contributed by atoms with Crippen LogP contribution < -0.4 is 9.47 Å². The molecule has 1 fully saturated rings. The van der Waals surface area contributed by atoms with Gasteiger partial charge >= 0.3 is 0 Å². The van der Waals surface area contributed by atoms with Gasteiger partial charge in [-0.25, -0.2) is 0 Å². The normalized spacial score (nSPS) is 16.3. The molecule has 1 aliphatic heterocycles. The first-order valence-corrected chi connectivity index (χ1v) is 14.0. The van der Waals surface area contributed by atoms with Gasteiger partial charge in [-0.05, 0) is 73.0 Å². The molecule has 1 amide bonds. The second-order valence-corrected chi connectivity index (χ2v) is 10.6. The SMILES string of the molecule is CCCCCOc1ccc(C=C2SC(=NS(=O)(=O)c3ccc(CC)cc3)N(CC)C2=O)cc1OC. The van der Waals surface area contributed by atoms with E-state index in [1.54, 1.807) is 50.4 Å². The highest BCUT2D eigenvalue weighted by Gasteiger charge is 2.34. The minimum atomic E-state index is -3.95. The van der Waals surface area contributed by atoms with E-state index in [9.17, 15) is 13.2 Å². The number of sulfonamides is 1. The molecule has 1 aliphatic rings. The van der Waals surface area contributed by atoms with Crippen LogP contribution in [-0.2, 0) is 21.2 Å². The van der Waals surface area contributed by atoms with Crippen LogP contribution in [0.25, 0.3) is 6.08 Å². The van der Waals surface area contributed by atoms with Crippen LogP contribution in [0.2, 0.25) is 0 Å². The molecule has 1 saturated heterocycles. The highest BCUT2D eigenvalue weighted by molar-refractivity contribution is 8.19. The molecule has 3 rings (SSSR count). The molecule has 0 radical (unpaired) electrons. The number of unbranched alkanes of at least 4 members (excludes halogenated alkanes) is 2. The molecule has 7 nitrogen and oxygen atoms in total. The number of benzene rings is 2. The van der Waals surface area contributed by atoms with Gasteiger partial charge in [-0.15, -0.1) is 4.40 Å². The zero-order chi connectivity index (χ0) is 25.4. The van der Waals surface area contributed by atoms with E-state index in [1.807, 2.05) is 19.1 Å². The van der Waals surface area contributed by atoms with E-state index in [1.165, 1.54) is 4.90 Å². The number of hydrogen-bond acceptors (Lipinski definition) is 6.